The highest BCUT2D eigenvalue weighted by Gasteiger charge is 2.19. The number of anilines is 1. The Hall–Kier alpha value is -1.23. The van der Waals surface area contributed by atoms with Crippen LogP contribution in [-0.4, -0.2) is 22.8 Å². The van der Waals surface area contributed by atoms with E-state index >= 15 is 0 Å². The van der Waals surface area contributed by atoms with Gasteiger partial charge in [-0.1, -0.05) is 30.8 Å². The highest BCUT2D eigenvalue weighted by Crippen LogP contribution is 2.26. The average Bonchev–Trinajstić information content (AvgIpc) is 2.37. The Bertz CT molecular complexity index is 436. The fourth-order valence-corrected chi connectivity index (χ4v) is 2.40. The first kappa shape index (κ1) is 13.2. The van der Waals surface area contributed by atoms with Crippen LogP contribution >= 0.6 is 11.8 Å². The predicted octanol–water partition coefficient (Wildman–Crippen LogP) is 2.76. The maximum Gasteiger partial charge on any atom is 0.219 e. The lowest BCUT2D eigenvalue weighted by Gasteiger charge is -2.24. The van der Waals surface area contributed by atoms with Crippen molar-refractivity contribution in [3.8, 4) is 5.88 Å². The van der Waals surface area contributed by atoms with Gasteiger partial charge in [0.2, 0.25) is 5.88 Å². The van der Waals surface area contributed by atoms with Gasteiger partial charge in [-0.15, -0.1) is 0 Å². The van der Waals surface area contributed by atoms with Gasteiger partial charge in [0.1, 0.15) is 5.82 Å². The Morgan fingerprint density at radius 3 is 2.89 bits per heavy atom. The topological polar surface area (TPSA) is 61.0 Å². The second-order valence-corrected chi connectivity index (χ2v) is 5.38. The second-order valence-electron chi connectivity index (χ2n) is 4.61. The minimum absolute atomic E-state index is 0.459. The Morgan fingerprint density at radius 2 is 2.17 bits per heavy atom. The van der Waals surface area contributed by atoms with E-state index in [0.717, 1.165) is 12.8 Å². The zero-order valence-electron chi connectivity index (χ0n) is 10.8. The van der Waals surface area contributed by atoms with E-state index in [1.54, 1.807) is 6.07 Å². The molecule has 2 atom stereocenters. The molecule has 0 saturated heterocycles. The molecule has 0 aromatic carbocycles. The van der Waals surface area contributed by atoms with Gasteiger partial charge < -0.3 is 10.5 Å². The minimum atomic E-state index is 0.459. The van der Waals surface area contributed by atoms with Gasteiger partial charge in [0, 0.05) is 6.07 Å². The van der Waals surface area contributed by atoms with E-state index in [4.69, 9.17) is 10.5 Å². The summed E-state index contributed by atoms with van der Waals surface area (Å²) in [5, 5.41) is 0.654. The van der Waals surface area contributed by atoms with E-state index in [1.165, 1.54) is 11.8 Å². The third-order valence-corrected chi connectivity index (χ3v) is 3.80. The lowest BCUT2D eigenvalue weighted by atomic mass is 9.85. The van der Waals surface area contributed by atoms with Crippen molar-refractivity contribution in [3.63, 3.8) is 0 Å². The van der Waals surface area contributed by atoms with E-state index in [0.29, 0.717) is 35.3 Å². The second kappa shape index (κ2) is 6.09. The summed E-state index contributed by atoms with van der Waals surface area (Å²) >= 11 is 1.47. The number of ether oxygens (including phenoxy) is 1. The smallest absolute Gasteiger partial charge is 0.219 e. The summed E-state index contributed by atoms with van der Waals surface area (Å²) in [6.45, 7) is 2.95. The van der Waals surface area contributed by atoms with Crippen LogP contribution in [0.5, 0.6) is 5.88 Å². The summed E-state index contributed by atoms with van der Waals surface area (Å²) in [5.41, 5.74) is 5.72. The third-order valence-electron chi connectivity index (χ3n) is 3.25. The highest BCUT2D eigenvalue weighted by atomic mass is 32.2. The van der Waals surface area contributed by atoms with Gasteiger partial charge in [0.05, 0.1) is 6.61 Å². The van der Waals surface area contributed by atoms with Crippen molar-refractivity contribution in [2.45, 2.75) is 24.9 Å². The van der Waals surface area contributed by atoms with Gasteiger partial charge in [0.25, 0.3) is 0 Å². The molecule has 2 unspecified atom stereocenters. The van der Waals surface area contributed by atoms with Crippen molar-refractivity contribution >= 4 is 17.6 Å². The Labute approximate surface area is 112 Å². The van der Waals surface area contributed by atoms with Crippen LogP contribution in [0.15, 0.2) is 23.4 Å². The Kier molecular flexibility index (Phi) is 4.47. The van der Waals surface area contributed by atoms with Gasteiger partial charge in [0.15, 0.2) is 5.16 Å². The van der Waals surface area contributed by atoms with Gasteiger partial charge >= 0.3 is 0 Å². The zero-order valence-corrected chi connectivity index (χ0v) is 11.6. The number of thioether (sulfide) groups is 1. The van der Waals surface area contributed by atoms with E-state index in [1.807, 2.05) is 6.26 Å². The molecular formula is C13H19N3OS. The number of rotatable bonds is 4. The van der Waals surface area contributed by atoms with E-state index < -0.39 is 0 Å². The standard InChI is InChI=1S/C13H19N3OS/c1-9-5-3-4-6-10(9)8-17-12-7-11(14)15-13(16-12)18-2/h3-4,7,9-10H,5-6,8H2,1-2H3,(H2,14,15,16). The molecule has 5 heteroatoms. The van der Waals surface area contributed by atoms with E-state index in [9.17, 15) is 0 Å². The molecule has 1 aliphatic carbocycles. The number of aromatic nitrogens is 2. The van der Waals surface area contributed by atoms with Crippen molar-refractivity contribution in [2.24, 2.45) is 11.8 Å². The van der Waals surface area contributed by atoms with Crippen molar-refractivity contribution in [3.05, 3.63) is 18.2 Å². The molecule has 0 saturated carbocycles. The maximum absolute atomic E-state index is 5.76. The minimum Gasteiger partial charge on any atom is -0.477 e. The molecule has 2 N–H and O–H groups in total. The summed E-state index contributed by atoms with van der Waals surface area (Å²) in [6, 6.07) is 1.68. The van der Waals surface area contributed by atoms with Crippen LogP contribution in [0.25, 0.3) is 0 Å². The van der Waals surface area contributed by atoms with Crippen LogP contribution in [0.4, 0.5) is 5.82 Å². The molecule has 0 bridgehead atoms. The maximum atomic E-state index is 5.76. The number of nitrogen functional groups attached to an aromatic ring is 1. The van der Waals surface area contributed by atoms with Crippen molar-refractivity contribution in [1.82, 2.24) is 9.97 Å². The fraction of sp³-hybridized carbons (Fsp3) is 0.538. The first-order valence-electron chi connectivity index (χ1n) is 6.15. The van der Waals surface area contributed by atoms with Gasteiger partial charge in [-0.3, -0.25) is 0 Å². The molecule has 0 radical (unpaired) electrons. The van der Waals surface area contributed by atoms with Crippen LogP contribution in [0.3, 0.4) is 0 Å². The highest BCUT2D eigenvalue weighted by molar-refractivity contribution is 7.98. The first-order chi connectivity index (χ1) is 8.69. The van der Waals surface area contributed by atoms with E-state index in [2.05, 4.69) is 29.0 Å². The van der Waals surface area contributed by atoms with Gasteiger partial charge in [-0.2, -0.15) is 4.98 Å². The molecule has 98 valence electrons. The van der Waals surface area contributed by atoms with E-state index in [-0.39, 0.29) is 0 Å². The molecule has 0 fully saturated rings. The molecular weight excluding hydrogens is 246 g/mol. The molecule has 1 aromatic heterocycles. The summed E-state index contributed by atoms with van der Waals surface area (Å²) in [7, 11) is 0. The van der Waals surface area contributed by atoms with Crippen LogP contribution in [0.1, 0.15) is 19.8 Å². The first-order valence-corrected chi connectivity index (χ1v) is 7.38. The predicted molar refractivity (Wildman–Crippen MR) is 74.7 cm³/mol. The molecule has 1 aliphatic rings. The van der Waals surface area contributed by atoms with Gasteiger partial charge in [-0.25, -0.2) is 4.98 Å². The van der Waals surface area contributed by atoms with Crippen LogP contribution in [0.2, 0.25) is 0 Å². The average molecular weight is 265 g/mol. The van der Waals surface area contributed by atoms with Crippen molar-refractivity contribution in [2.75, 3.05) is 18.6 Å². The number of nitrogens with zero attached hydrogens (tertiary/aromatic N) is 2. The van der Waals surface area contributed by atoms with Crippen molar-refractivity contribution in [1.29, 1.82) is 0 Å². The van der Waals surface area contributed by atoms with Crippen LogP contribution < -0.4 is 10.5 Å². The fourth-order valence-electron chi connectivity index (χ4n) is 2.02. The lowest BCUT2D eigenvalue weighted by molar-refractivity contribution is 0.191. The molecule has 1 aromatic rings. The summed E-state index contributed by atoms with van der Waals surface area (Å²) < 4.78 is 5.76. The molecule has 4 nitrogen and oxygen atoms in total. The summed E-state index contributed by atoms with van der Waals surface area (Å²) in [5.74, 6) is 2.26. The zero-order chi connectivity index (χ0) is 13.0. The van der Waals surface area contributed by atoms with Crippen LogP contribution in [0, 0.1) is 11.8 Å². The lowest BCUT2D eigenvalue weighted by Crippen LogP contribution is -2.21. The number of hydrogen-bond acceptors (Lipinski definition) is 5. The molecule has 18 heavy (non-hydrogen) atoms. The molecule has 2 rings (SSSR count). The van der Waals surface area contributed by atoms with Crippen molar-refractivity contribution < 1.29 is 4.74 Å². The Balaban J connectivity index is 1.97. The SMILES string of the molecule is CSc1nc(N)cc(OCC2CC=CCC2C)n1. The third kappa shape index (κ3) is 3.38. The molecule has 0 amide bonds. The number of nitrogens with two attached hydrogens (primary N) is 1. The summed E-state index contributed by atoms with van der Waals surface area (Å²) in [4.78, 5) is 8.39. The molecule has 1 heterocycles. The number of allylic oxidation sites excluding steroid dienone is 2. The molecule has 0 spiro atoms. The quantitative estimate of drug-likeness (QED) is 0.515. The Morgan fingerprint density at radius 1 is 1.39 bits per heavy atom. The summed E-state index contributed by atoms with van der Waals surface area (Å²) in [6.07, 6.45) is 8.62. The monoisotopic (exact) mass is 265 g/mol. The largest absolute Gasteiger partial charge is 0.477 e. The van der Waals surface area contributed by atoms with Crippen LogP contribution in [-0.2, 0) is 0 Å². The normalized spacial score (nSPS) is 23.0. The molecule has 0 aliphatic heterocycles. The number of hydrogen-bond donors (Lipinski definition) is 1. The van der Waals surface area contributed by atoms with Gasteiger partial charge in [-0.05, 0) is 30.9 Å².